The van der Waals surface area contributed by atoms with E-state index in [0.717, 1.165) is 9.75 Å². The van der Waals surface area contributed by atoms with Crippen molar-refractivity contribution in [3.63, 3.8) is 0 Å². The van der Waals surface area contributed by atoms with E-state index in [1.165, 1.54) is 11.3 Å². The van der Waals surface area contributed by atoms with Crippen molar-refractivity contribution in [2.24, 2.45) is 0 Å². The van der Waals surface area contributed by atoms with Crippen LogP contribution in [0.25, 0.3) is 0 Å². The van der Waals surface area contributed by atoms with Gasteiger partial charge in [0.25, 0.3) is 0 Å². The molecule has 0 aliphatic heterocycles. The Kier molecular flexibility index (Phi) is 2.51. The van der Waals surface area contributed by atoms with E-state index in [1.54, 1.807) is 6.92 Å². The van der Waals surface area contributed by atoms with Crippen molar-refractivity contribution >= 4 is 11.3 Å². The maximum absolute atomic E-state index is 9.79. The van der Waals surface area contributed by atoms with Crippen molar-refractivity contribution in [2.45, 2.75) is 25.9 Å². The largest absolute Gasteiger partial charge is 0.384 e. The zero-order valence-corrected chi connectivity index (χ0v) is 7.98. The number of thiophene rings is 1. The highest BCUT2D eigenvalue weighted by molar-refractivity contribution is 7.12. The highest BCUT2D eigenvalue weighted by Gasteiger charge is 2.23. The number of aliphatic hydroxyl groups is 1. The van der Waals surface area contributed by atoms with E-state index >= 15 is 0 Å². The molecule has 0 amide bonds. The van der Waals surface area contributed by atoms with Crippen molar-refractivity contribution in [3.8, 4) is 6.07 Å². The van der Waals surface area contributed by atoms with Crippen molar-refractivity contribution in [2.75, 3.05) is 0 Å². The Bertz CT molecular complexity index is 309. The fourth-order valence-corrected chi connectivity index (χ4v) is 1.88. The second kappa shape index (κ2) is 3.26. The van der Waals surface area contributed by atoms with E-state index < -0.39 is 5.60 Å². The van der Waals surface area contributed by atoms with Crippen LogP contribution in [0.4, 0.5) is 0 Å². The molecule has 0 aliphatic carbocycles. The minimum absolute atomic E-state index is 0.146. The predicted octanol–water partition coefficient (Wildman–Crippen LogP) is 2.18. The van der Waals surface area contributed by atoms with Gasteiger partial charge in [-0.05, 0) is 26.0 Å². The first-order chi connectivity index (χ1) is 5.56. The molecule has 0 aromatic carbocycles. The van der Waals surface area contributed by atoms with Crippen molar-refractivity contribution in [1.82, 2.24) is 0 Å². The van der Waals surface area contributed by atoms with Gasteiger partial charge in [0.15, 0.2) is 0 Å². The molecule has 0 fully saturated rings. The Labute approximate surface area is 76.1 Å². The SMILES string of the molecule is Cc1ccc(C(C)(O)CC#N)s1. The highest BCUT2D eigenvalue weighted by Crippen LogP contribution is 2.29. The monoisotopic (exact) mass is 181 g/mol. The van der Waals surface area contributed by atoms with Gasteiger partial charge in [0, 0.05) is 9.75 Å². The van der Waals surface area contributed by atoms with Gasteiger partial charge in [-0.3, -0.25) is 0 Å². The van der Waals surface area contributed by atoms with E-state index in [2.05, 4.69) is 0 Å². The van der Waals surface area contributed by atoms with E-state index in [4.69, 9.17) is 5.26 Å². The minimum Gasteiger partial charge on any atom is -0.384 e. The summed E-state index contributed by atoms with van der Waals surface area (Å²) in [6, 6.07) is 5.79. The van der Waals surface area contributed by atoms with E-state index in [-0.39, 0.29) is 6.42 Å². The number of hydrogen-bond donors (Lipinski definition) is 1. The Morgan fingerprint density at radius 1 is 1.67 bits per heavy atom. The van der Waals surface area contributed by atoms with Crippen LogP contribution in [-0.2, 0) is 5.60 Å². The number of aryl methyl sites for hydroxylation is 1. The molecule has 1 unspecified atom stereocenters. The lowest BCUT2D eigenvalue weighted by atomic mass is 10.0. The van der Waals surface area contributed by atoms with Gasteiger partial charge >= 0.3 is 0 Å². The summed E-state index contributed by atoms with van der Waals surface area (Å²) in [5, 5.41) is 18.3. The van der Waals surface area contributed by atoms with Gasteiger partial charge in [0.2, 0.25) is 0 Å². The van der Waals surface area contributed by atoms with Crippen LogP contribution in [-0.4, -0.2) is 5.11 Å². The van der Waals surface area contributed by atoms with Crippen LogP contribution >= 0.6 is 11.3 Å². The zero-order chi connectivity index (χ0) is 9.19. The fraction of sp³-hybridized carbons (Fsp3) is 0.444. The summed E-state index contributed by atoms with van der Waals surface area (Å²) < 4.78 is 0. The second-order valence-electron chi connectivity index (χ2n) is 3.02. The summed E-state index contributed by atoms with van der Waals surface area (Å²) in [6.07, 6.45) is 0.146. The molecule has 0 saturated carbocycles. The Balaban J connectivity index is 2.90. The molecule has 0 radical (unpaired) electrons. The molecule has 2 nitrogen and oxygen atoms in total. The molecule has 0 bridgehead atoms. The Morgan fingerprint density at radius 2 is 2.33 bits per heavy atom. The smallest absolute Gasteiger partial charge is 0.109 e. The molecule has 0 spiro atoms. The van der Waals surface area contributed by atoms with Gasteiger partial charge in [-0.2, -0.15) is 5.26 Å². The molecule has 1 atom stereocenters. The number of hydrogen-bond acceptors (Lipinski definition) is 3. The molecule has 3 heteroatoms. The summed E-state index contributed by atoms with van der Waals surface area (Å²) in [5.41, 5.74) is -0.978. The molecule has 1 heterocycles. The first-order valence-corrected chi connectivity index (χ1v) is 4.54. The lowest BCUT2D eigenvalue weighted by Gasteiger charge is -2.17. The van der Waals surface area contributed by atoms with Crippen LogP contribution in [0, 0.1) is 18.3 Å². The lowest BCUT2D eigenvalue weighted by Crippen LogP contribution is -2.18. The maximum atomic E-state index is 9.79. The van der Waals surface area contributed by atoms with Gasteiger partial charge < -0.3 is 5.11 Å². The van der Waals surface area contributed by atoms with Gasteiger partial charge in [0.05, 0.1) is 12.5 Å². The molecular weight excluding hydrogens is 170 g/mol. The number of nitriles is 1. The average molecular weight is 181 g/mol. The number of nitrogens with zero attached hydrogens (tertiary/aromatic N) is 1. The van der Waals surface area contributed by atoms with Crippen LogP contribution in [0.1, 0.15) is 23.1 Å². The Morgan fingerprint density at radius 3 is 2.75 bits per heavy atom. The molecular formula is C9H11NOS. The van der Waals surface area contributed by atoms with Gasteiger partial charge in [-0.25, -0.2) is 0 Å². The summed E-state index contributed by atoms with van der Waals surface area (Å²) in [5.74, 6) is 0. The topological polar surface area (TPSA) is 44.0 Å². The summed E-state index contributed by atoms with van der Waals surface area (Å²) in [6.45, 7) is 3.65. The molecule has 64 valence electrons. The molecule has 0 aliphatic rings. The third kappa shape index (κ3) is 1.84. The molecule has 0 saturated heterocycles. The summed E-state index contributed by atoms with van der Waals surface area (Å²) >= 11 is 1.53. The van der Waals surface area contributed by atoms with E-state index in [0.29, 0.717) is 0 Å². The minimum atomic E-state index is -0.978. The third-order valence-corrected chi connectivity index (χ3v) is 2.95. The fourth-order valence-electron chi connectivity index (χ4n) is 0.965. The van der Waals surface area contributed by atoms with Crippen LogP contribution < -0.4 is 0 Å². The van der Waals surface area contributed by atoms with Crippen LogP contribution in [0.3, 0.4) is 0 Å². The first-order valence-electron chi connectivity index (χ1n) is 3.72. The highest BCUT2D eigenvalue weighted by atomic mass is 32.1. The van der Waals surface area contributed by atoms with Crippen molar-refractivity contribution in [1.29, 1.82) is 5.26 Å². The van der Waals surface area contributed by atoms with Crippen molar-refractivity contribution in [3.05, 3.63) is 21.9 Å². The van der Waals surface area contributed by atoms with E-state index in [1.807, 2.05) is 25.1 Å². The quantitative estimate of drug-likeness (QED) is 0.760. The number of rotatable bonds is 2. The average Bonchev–Trinajstić information content (AvgIpc) is 2.36. The molecule has 1 N–H and O–H groups in total. The Hall–Kier alpha value is -0.850. The molecule has 1 aromatic heterocycles. The second-order valence-corrected chi connectivity index (χ2v) is 4.31. The molecule has 1 aromatic rings. The van der Waals surface area contributed by atoms with Gasteiger partial charge in [0.1, 0.15) is 5.60 Å². The standard InChI is InChI=1S/C9H11NOS/c1-7-3-4-8(12-7)9(2,11)5-6-10/h3-4,11H,5H2,1-2H3. The summed E-state index contributed by atoms with van der Waals surface area (Å²) in [7, 11) is 0. The first kappa shape index (κ1) is 9.24. The summed E-state index contributed by atoms with van der Waals surface area (Å²) in [4.78, 5) is 2.02. The van der Waals surface area contributed by atoms with Gasteiger partial charge in [-0.1, -0.05) is 0 Å². The normalized spacial score (nSPS) is 15.2. The molecule has 1 rings (SSSR count). The molecule has 12 heavy (non-hydrogen) atoms. The van der Waals surface area contributed by atoms with E-state index in [9.17, 15) is 5.11 Å². The van der Waals surface area contributed by atoms with Crippen LogP contribution in [0.2, 0.25) is 0 Å². The lowest BCUT2D eigenvalue weighted by molar-refractivity contribution is 0.0663. The van der Waals surface area contributed by atoms with Crippen LogP contribution in [0.5, 0.6) is 0 Å². The predicted molar refractivity (Wildman–Crippen MR) is 48.9 cm³/mol. The zero-order valence-electron chi connectivity index (χ0n) is 7.16. The van der Waals surface area contributed by atoms with Gasteiger partial charge in [-0.15, -0.1) is 11.3 Å². The van der Waals surface area contributed by atoms with Crippen molar-refractivity contribution < 1.29 is 5.11 Å². The van der Waals surface area contributed by atoms with Crippen LogP contribution in [0.15, 0.2) is 12.1 Å². The maximum Gasteiger partial charge on any atom is 0.109 e. The third-order valence-electron chi connectivity index (χ3n) is 1.69.